The van der Waals surface area contributed by atoms with Crippen LogP contribution in [0.1, 0.15) is 44.7 Å². The molecule has 0 bridgehead atoms. The summed E-state index contributed by atoms with van der Waals surface area (Å²) in [4.78, 5) is 2.59. The zero-order chi connectivity index (χ0) is 14.0. The van der Waals surface area contributed by atoms with Gasteiger partial charge in [-0.15, -0.1) is 0 Å². The fourth-order valence-electron chi connectivity index (χ4n) is 3.24. The number of hydrogen-bond donors (Lipinski definition) is 1. The molecule has 2 unspecified atom stereocenters. The predicted octanol–water partition coefficient (Wildman–Crippen LogP) is 3.51. The Labute approximate surface area is 118 Å². The molecule has 1 heterocycles. The van der Waals surface area contributed by atoms with Crippen LogP contribution >= 0.6 is 0 Å². The van der Waals surface area contributed by atoms with Gasteiger partial charge in [0.2, 0.25) is 0 Å². The summed E-state index contributed by atoms with van der Waals surface area (Å²) in [6, 6.07) is 7.84. The number of anilines is 1. The van der Waals surface area contributed by atoms with Crippen molar-refractivity contribution in [3.8, 4) is 0 Å². The van der Waals surface area contributed by atoms with Gasteiger partial charge in [-0.3, -0.25) is 0 Å². The number of rotatable bonds is 4. The molecule has 106 valence electrons. The number of nitrogens with zero attached hydrogens (tertiary/aromatic N) is 1. The summed E-state index contributed by atoms with van der Waals surface area (Å²) < 4.78 is 0. The highest BCUT2D eigenvalue weighted by atomic mass is 15.2. The van der Waals surface area contributed by atoms with E-state index in [-0.39, 0.29) is 6.04 Å². The Morgan fingerprint density at radius 3 is 2.63 bits per heavy atom. The molecule has 0 saturated carbocycles. The van der Waals surface area contributed by atoms with Crippen LogP contribution in [0.3, 0.4) is 0 Å². The summed E-state index contributed by atoms with van der Waals surface area (Å²) >= 11 is 0. The molecule has 0 aromatic heterocycles. The lowest BCUT2D eigenvalue weighted by molar-refractivity contribution is 0.492. The van der Waals surface area contributed by atoms with E-state index in [1.807, 2.05) is 0 Å². The molecule has 0 amide bonds. The second-order valence-electron chi connectivity index (χ2n) is 6.44. The SMILES string of the molecule is Cc1cc(N2CCCC2C(C)C)ccc1CC(C)N. The van der Waals surface area contributed by atoms with Crippen LogP contribution in [0.25, 0.3) is 0 Å². The second kappa shape index (κ2) is 5.96. The maximum Gasteiger partial charge on any atom is 0.0371 e. The van der Waals surface area contributed by atoms with E-state index in [2.05, 4.69) is 50.8 Å². The Bertz CT molecular complexity index is 423. The molecule has 1 fully saturated rings. The van der Waals surface area contributed by atoms with Crippen molar-refractivity contribution in [1.29, 1.82) is 0 Å². The van der Waals surface area contributed by atoms with Crippen molar-refractivity contribution < 1.29 is 0 Å². The fraction of sp³-hybridized carbons (Fsp3) is 0.647. The van der Waals surface area contributed by atoms with Gasteiger partial charge < -0.3 is 10.6 Å². The van der Waals surface area contributed by atoms with E-state index in [9.17, 15) is 0 Å². The van der Waals surface area contributed by atoms with Gasteiger partial charge in [-0.25, -0.2) is 0 Å². The van der Waals surface area contributed by atoms with Crippen LogP contribution in [0.5, 0.6) is 0 Å². The summed E-state index contributed by atoms with van der Waals surface area (Å²) in [6.45, 7) is 10.2. The van der Waals surface area contributed by atoms with Crippen LogP contribution in [0.2, 0.25) is 0 Å². The van der Waals surface area contributed by atoms with Gasteiger partial charge in [-0.1, -0.05) is 19.9 Å². The molecule has 2 atom stereocenters. The van der Waals surface area contributed by atoms with Crippen LogP contribution in [-0.2, 0) is 6.42 Å². The highest BCUT2D eigenvalue weighted by molar-refractivity contribution is 5.52. The van der Waals surface area contributed by atoms with E-state index in [0.29, 0.717) is 6.04 Å². The second-order valence-corrected chi connectivity index (χ2v) is 6.44. The minimum absolute atomic E-state index is 0.236. The maximum absolute atomic E-state index is 5.90. The van der Waals surface area contributed by atoms with Gasteiger partial charge in [0.25, 0.3) is 0 Å². The third kappa shape index (κ3) is 3.30. The fourth-order valence-corrected chi connectivity index (χ4v) is 3.24. The highest BCUT2D eigenvalue weighted by Crippen LogP contribution is 2.31. The van der Waals surface area contributed by atoms with Crippen LogP contribution in [-0.4, -0.2) is 18.6 Å². The Morgan fingerprint density at radius 1 is 1.32 bits per heavy atom. The van der Waals surface area contributed by atoms with Crippen molar-refractivity contribution in [2.24, 2.45) is 11.7 Å². The van der Waals surface area contributed by atoms with Crippen LogP contribution < -0.4 is 10.6 Å². The zero-order valence-corrected chi connectivity index (χ0v) is 12.8. The number of hydrogen-bond acceptors (Lipinski definition) is 2. The number of aryl methyl sites for hydroxylation is 1. The van der Waals surface area contributed by atoms with Crippen molar-refractivity contribution in [1.82, 2.24) is 0 Å². The van der Waals surface area contributed by atoms with Crippen LogP contribution in [0.15, 0.2) is 18.2 Å². The van der Waals surface area contributed by atoms with Crippen molar-refractivity contribution in [3.63, 3.8) is 0 Å². The molecule has 1 saturated heterocycles. The Morgan fingerprint density at radius 2 is 2.05 bits per heavy atom. The third-order valence-electron chi connectivity index (χ3n) is 4.27. The van der Waals surface area contributed by atoms with Crippen LogP contribution in [0, 0.1) is 12.8 Å². The predicted molar refractivity (Wildman–Crippen MR) is 83.7 cm³/mol. The topological polar surface area (TPSA) is 29.3 Å². The van der Waals surface area contributed by atoms with Gasteiger partial charge >= 0.3 is 0 Å². The molecule has 1 aromatic carbocycles. The van der Waals surface area contributed by atoms with E-state index in [4.69, 9.17) is 5.73 Å². The molecule has 0 aliphatic carbocycles. The summed E-state index contributed by atoms with van der Waals surface area (Å²) in [7, 11) is 0. The van der Waals surface area contributed by atoms with Gasteiger partial charge in [0.05, 0.1) is 0 Å². The Kier molecular flexibility index (Phi) is 4.51. The van der Waals surface area contributed by atoms with Gasteiger partial charge in [0.15, 0.2) is 0 Å². The first kappa shape index (κ1) is 14.4. The maximum atomic E-state index is 5.90. The van der Waals surface area contributed by atoms with E-state index >= 15 is 0 Å². The molecule has 2 heteroatoms. The van der Waals surface area contributed by atoms with Crippen molar-refractivity contribution in [2.75, 3.05) is 11.4 Å². The number of nitrogens with two attached hydrogens (primary N) is 1. The first-order valence-corrected chi connectivity index (χ1v) is 7.60. The molecule has 2 rings (SSSR count). The molecular formula is C17H28N2. The molecule has 19 heavy (non-hydrogen) atoms. The average Bonchev–Trinajstić information content (AvgIpc) is 2.80. The standard InChI is InChI=1S/C17H28N2/c1-12(2)17-6-5-9-19(17)16-8-7-15(11-14(4)18)13(3)10-16/h7-8,10,12,14,17H,5-6,9,11,18H2,1-4H3. The minimum Gasteiger partial charge on any atom is -0.368 e. The molecule has 1 aliphatic heterocycles. The summed E-state index contributed by atoms with van der Waals surface area (Å²) in [5.74, 6) is 0.728. The van der Waals surface area contributed by atoms with Gasteiger partial charge in [-0.05, 0) is 62.3 Å². The average molecular weight is 260 g/mol. The number of benzene rings is 1. The van der Waals surface area contributed by atoms with E-state index in [0.717, 1.165) is 12.3 Å². The lowest BCUT2D eigenvalue weighted by Gasteiger charge is -2.30. The minimum atomic E-state index is 0.236. The molecule has 2 N–H and O–H groups in total. The molecular weight excluding hydrogens is 232 g/mol. The summed E-state index contributed by atoms with van der Waals surface area (Å²) in [5.41, 5.74) is 10.1. The normalized spacial score (nSPS) is 21.2. The van der Waals surface area contributed by atoms with Crippen LogP contribution in [0.4, 0.5) is 5.69 Å². The van der Waals surface area contributed by atoms with Gasteiger partial charge in [-0.2, -0.15) is 0 Å². The third-order valence-corrected chi connectivity index (χ3v) is 4.27. The van der Waals surface area contributed by atoms with Crippen molar-refractivity contribution in [3.05, 3.63) is 29.3 Å². The monoisotopic (exact) mass is 260 g/mol. The lowest BCUT2D eigenvalue weighted by atomic mass is 9.99. The quantitative estimate of drug-likeness (QED) is 0.897. The van der Waals surface area contributed by atoms with E-state index < -0.39 is 0 Å². The molecule has 1 aliphatic rings. The molecule has 2 nitrogen and oxygen atoms in total. The summed E-state index contributed by atoms with van der Waals surface area (Å²) in [5, 5.41) is 0. The highest BCUT2D eigenvalue weighted by Gasteiger charge is 2.27. The first-order valence-electron chi connectivity index (χ1n) is 7.60. The Hall–Kier alpha value is -1.02. The Balaban J connectivity index is 2.19. The zero-order valence-electron chi connectivity index (χ0n) is 12.8. The smallest absolute Gasteiger partial charge is 0.0371 e. The van der Waals surface area contributed by atoms with Crippen molar-refractivity contribution in [2.45, 2.75) is 59.0 Å². The molecule has 1 aromatic rings. The lowest BCUT2D eigenvalue weighted by Crippen LogP contribution is -2.33. The van der Waals surface area contributed by atoms with Gasteiger partial charge in [0, 0.05) is 24.3 Å². The van der Waals surface area contributed by atoms with E-state index in [1.165, 1.54) is 36.2 Å². The van der Waals surface area contributed by atoms with Gasteiger partial charge in [0.1, 0.15) is 0 Å². The first-order chi connectivity index (χ1) is 8.99. The summed E-state index contributed by atoms with van der Waals surface area (Å²) in [6.07, 6.45) is 3.63. The van der Waals surface area contributed by atoms with E-state index in [1.54, 1.807) is 0 Å². The molecule has 0 radical (unpaired) electrons. The molecule has 0 spiro atoms. The largest absolute Gasteiger partial charge is 0.368 e. The van der Waals surface area contributed by atoms with Crippen molar-refractivity contribution >= 4 is 5.69 Å².